The first-order chi connectivity index (χ1) is 34.6. The number of amides is 1. The maximum atomic E-state index is 13.1. The van der Waals surface area contributed by atoms with Gasteiger partial charge in [-0.1, -0.05) is 175 Å². The largest absolute Gasteiger partial charge is 0.394 e. The molecule has 0 spiro atoms. The predicted molar refractivity (Wildman–Crippen MR) is 281 cm³/mol. The number of aliphatic hydroxyl groups is 8. The highest BCUT2D eigenvalue weighted by atomic mass is 16.7. The molecule has 2 aliphatic rings. The van der Waals surface area contributed by atoms with Crippen LogP contribution in [-0.2, 0) is 23.7 Å². The minimum Gasteiger partial charge on any atom is -0.394 e. The SMILES string of the molecule is CC/C=C\C/C=C\C/C=C\C/C=C\C/C=C\C/C=C\C/C=C\C/C=C\C/C=C\CCCC(=O)NC(COC1OC(CO)C(OC2OC(CO)C(O)C(O)C2O)C(O)C1O)C(O)CCCCCCCCCC. The fourth-order valence-electron chi connectivity index (χ4n) is 7.94. The van der Waals surface area contributed by atoms with Crippen LogP contribution in [0.5, 0.6) is 0 Å². The zero-order chi connectivity index (χ0) is 51.7. The Balaban J connectivity index is 1.74. The summed E-state index contributed by atoms with van der Waals surface area (Å²) < 4.78 is 22.7. The topological polar surface area (TPSA) is 228 Å². The Morgan fingerprint density at radius 1 is 0.521 bits per heavy atom. The summed E-state index contributed by atoms with van der Waals surface area (Å²) in [6, 6.07) is -0.865. The van der Waals surface area contributed by atoms with Crippen molar-refractivity contribution in [2.24, 2.45) is 0 Å². The van der Waals surface area contributed by atoms with E-state index in [9.17, 15) is 45.6 Å². The van der Waals surface area contributed by atoms with E-state index < -0.39 is 86.8 Å². The van der Waals surface area contributed by atoms with Gasteiger partial charge in [-0.25, -0.2) is 0 Å². The quantitative estimate of drug-likeness (QED) is 0.0213. The van der Waals surface area contributed by atoms with E-state index in [1.807, 2.05) is 6.08 Å². The third-order valence-corrected chi connectivity index (χ3v) is 12.3. The smallest absolute Gasteiger partial charge is 0.220 e. The van der Waals surface area contributed by atoms with Gasteiger partial charge in [0, 0.05) is 6.42 Å². The number of hydrogen-bond donors (Lipinski definition) is 9. The summed E-state index contributed by atoms with van der Waals surface area (Å²) in [5, 5.41) is 86.6. The van der Waals surface area contributed by atoms with Gasteiger partial charge in [-0.15, -0.1) is 0 Å². The standard InChI is InChI=1S/C57H93NO13/c1-3-5-7-9-11-13-14-15-16-17-18-19-20-21-22-23-24-25-26-27-28-29-30-31-32-33-35-37-39-41-49(62)58-45(46(61)40-38-36-34-12-10-8-6-4-2)44-68-56-54(67)52(65)55(48(43-60)70-56)71-57-53(66)51(64)50(63)47(42-59)69-57/h5,7,11,13,15-16,18-19,21-22,24-25,27-28,30-31,33,35,45-48,50-57,59-61,63-67H,3-4,6,8-10,12,14,17,20,23,26,29,32,34,36-44H2,1-2H3,(H,58,62)/b7-5-,13-11-,16-15-,19-18-,22-21-,25-24-,28-27-,31-30-,35-33-. The zero-order valence-corrected chi connectivity index (χ0v) is 42.9. The maximum absolute atomic E-state index is 13.1. The lowest BCUT2D eigenvalue weighted by molar-refractivity contribution is -0.359. The molecular formula is C57H93NO13. The molecule has 14 nitrogen and oxygen atoms in total. The van der Waals surface area contributed by atoms with Crippen LogP contribution in [0.3, 0.4) is 0 Å². The lowest BCUT2D eigenvalue weighted by Crippen LogP contribution is -2.65. The molecule has 2 fully saturated rings. The molecule has 0 aromatic rings. The lowest BCUT2D eigenvalue weighted by Gasteiger charge is -2.46. The minimum absolute atomic E-state index is 0.216. The summed E-state index contributed by atoms with van der Waals surface area (Å²) in [4.78, 5) is 13.1. The van der Waals surface area contributed by atoms with Crippen molar-refractivity contribution in [3.05, 3.63) is 109 Å². The Morgan fingerprint density at radius 2 is 0.958 bits per heavy atom. The minimum atomic E-state index is -1.79. The third-order valence-electron chi connectivity index (χ3n) is 12.3. The van der Waals surface area contributed by atoms with Crippen molar-refractivity contribution in [3.63, 3.8) is 0 Å². The van der Waals surface area contributed by atoms with Gasteiger partial charge in [0.15, 0.2) is 12.6 Å². The van der Waals surface area contributed by atoms with Gasteiger partial charge in [0.05, 0.1) is 32.0 Å². The van der Waals surface area contributed by atoms with Crippen molar-refractivity contribution in [2.75, 3.05) is 19.8 Å². The number of hydrogen-bond acceptors (Lipinski definition) is 13. The summed E-state index contributed by atoms with van der Waals surface area (Å²) >= 11 is 0. The van der Waals surface area contributed by atoms with Gasteiger partial charge in [-0.05, 0) is 77.0 Å². The first-order valence-corrected chi connectivity index (χ1v) is 26.6. The molecular weight excluding hydrogens is 907 g/mol. The van der Waals surface area contributed by atoms with Crippen LogP contribution in [0.4, 0.5) is 0 Å². The molecule has 0 aliphatic carbocycles. The van der Waals surface area contributed by atoms with Crippen LogP contribution in [0.2, 0.25) is 0 Å². The highest BCUT2D eigenvalue weighted by Crippen LogP contribution is 2.30. The average molecular weight is 1000 g/mol. The Morgan fingerprint density at radius 3 is 1.44 bits per heavy atom. The zero-order valence-electron chi connectivity index (χ0n) is 42.9. The monoisotopic (exact) mass is 1000 g/mol. The average Bonchev–Trinajstić information content (AvgIpc) is 3.37. The summed E-state index contributed by atoms with van der Waals surface area (Å²) in [5.41, 5.74) is 0. The molecule has 14 heteroatoms. The van der Waals surface area contributed by atoms with E-state index >= 15 is 0 Å². The van der Waals surface area contributed by atoms with Crippen molar-refractivity contribution >= 4 is 5.91 Å². The molecule has 2 heterocycles. The van der Waals surface area contributed by atoms with Gasteiger partial charge in [-0.2, -0.15) is 0 Å². The van der Waals surface area contributed by atoms with E-state index in [2.05, 4.69) is 122 Å². The first kappa shape index (κ1) is 63.8. The second-order valence-electron chi connectivity index (χ2n) is 18.3. The molecule has 2 rings (SSSR count). The molecule has 0 aromatic heterocycles. The molecule has 12 unspecified atom stereocenters. The summed E-state index contributed by atoms with van der Waals surface area (Å²) in [6.07, 6.45) is 41.2. The van der Waals surface area contributed by atoms with Crippen molar-refractivity contribution in [3.8, 4) is 0 Å². The molecule has 404 valence electrons. The number of ether oxygens (including phenoxy) is 4. The summed E-state index contributed by atoms with van der Waals surface area (Å²) in [5.74, 6) is -0.274. The normalized spacial score (nSPS) is 26.7. The second-order valence-corrected chi connectivity index (χ2v) is 18.3. The fraction of sp³-hybridized carbons (Fsp3) is 0.667. The van der Waals surface area contributed by atoms with Crippen molar-refractivity contribution < 1.29 is 64.6 Å². The van der Waals surface area contributed by atoms with Gasteiger partial charge in [0.1, 0.15) is 48.8 Å². The molecule has 71 heavy (non-hydrogen) atoms. The molecule has 9 N–H and O–H groups in total. The molecule has 12 atom stereocenters. The first-order valence-electron chi connectivity index (χ1n) is 26.6. The molecule has 0 radical (unpaired) electrons. The van der Waals surface area contributed by atoms with Gasteiger partial charge in [-0.3, -0.25) is 4.79 Å². The van der Waals surface area contributed by atoms with Gasteiger partial charge < -0.3 is 65.1 Å². The van der Waals surface area contributed by atoms with Crippen LogP contribution < -0.4 is 5.32 Å². The van der Waals surface area contributed by atoms with Crippen LogP contribution >= 0.6 is 0 Å². The molecule has 2 saturated heterocycles. The highest BCUT2D eigenvalue weighted by molar-refractivity contribution is 5.76. The van der Waals surface area contributed by atoms with E-state index in [1.165, 1.54) is 25.7 Å². The Labute approximate surface area is 425 Å². The third kappa shape index (κ3) is 28.6. The molecule has 0 aromatic carbocycles. The molecule has 1 amide bonds. The van der Waals surface area contributed by atoms with Gasteiger partial charge in [0.25, 0.3) is 0 Å². The maximum Gasteiger partial charge on any atom is 0.220 e. The summed E-state index contributed by atoms with van der Waals surface area (Å²) in [6.45, 7) is 2.62. The number of carbonyl (C=O) groups is 1. The van der Waals surface area contributed by atoms with Crippen LogP contribution in [0.15, 0.2) is 109 Å². The number of rotatable bonds is 39. The van der Waals surface area contributed by atoms with Crippen LogP contribution in [-0.4, -0.2) is 140 Å². The molecule has 0 saturated carbocycles. The number of allylic oxidation sites excluding steroid dienone is 18. The Hall–Kier alpha value is -3.35. The highest BCUT2D eigenvalue weighted by Gasteiger charge is 2.51. The van der Waals surface area contributed by atoms with Crippen molar-refractivity contribution in [2.45, 2.75) is 222 Å². The Bertz CT molecular complexity index is 1600. The van der Waals surface area contributed by atoms with E-state index in [4.69, 9.17) is 18.9 Å². The van der Waals surface area contributed by atoms with E-state index in [0.29, 0.717) is 19.3 Å². The van der Waals surface area contributed by atoms with E-state index in [1.54, 1.807) is 0 Å². The second kappa shape index (κ2) is 42.1. The number of aliphatic hydroxyl groups excluding tert-OH is 8. The van der Waals surface area contributed by atoms with Gasteiger partial charge >= 0.3 is 0 Å². The summed E-state index contributed by atoms with van der Waals surface area (Å²) in [7, 11) is 0. The van der Waals surface area contributed by atoms with Crippen LogP contribution in [0.1, 0.15) is 149 Å². The van der Waals surface area contributed by atoms with Gasteiger partial charge in [0.2, 0.25) is 5.91 Å². The predicted octanol–water partition coefficient (Wildman–Crippen LogP) is 7.71. The van der Waals surface area contributed by atoms with Crippen LogP contribution in [0, 0.1) is 0 Å². The Kier molecular flexibility index (Phi) is 37.8. The number of unbranched alkanes of at least 4 members (excludes halogenated alkanes) is 8. The lowest BCUT2D eigenvalue weighted by atomic mass is 9.97. The van der Waals surface area contributed by atoms with E-state index in [0.717, 1.165) is 83.5 Å². The molecule has 0 bridgehead atoms. The van der Waals surface area contributed by atoms with E-state index in [-0.39, 0.29) is 18.9 Å². The van der Waals surface area contributed by atoms with Crippen molar-refractivity contribution in [1.29, 1.82) is 0 Å². The molecule has 2 aliphatic heterocycles. The fourth-order valence-corrected chi connectivity index (χ4v) is 7.94. The number of carbonyl (C=O) groups excluding carboxylic acids is 1. The van der Waals surface area contributed by atoms with Crippen molar-refractivity contribution in [1.82, 2.24) is 5.32 Å². The van der Waals surface area contributed by atoms with Crippen LogP contribution in [0.25, 0.3) is 0 Å². The number of nitrogens with one attached hydrogen (secondary N) is 1.